The zero-order valence-electron chi connectivity index (χ0n) is 14.6. The Balaban J connectivity index is 1.91. The number of benzene rings is 2. The molecule has 0 spiro atoms. The summed E-state index contributed by atoms with van der Waals surface area (Å²) in [6.07, 6.45) is 2.10. The van der Waals surface area contributed by atoms with E-state index in [1.807, 2.05) is 6.07 Å². The topological polar surface area (TPSA) is 64.4 Å². The Morgan fingerprint density at radius 3 is 2.63 bits per heavy atom. The van der Waals surface area contributed by atoms with E-state index in [2.05, 4.69) is 31.2 Å². The van der Waals surface area contributed by atoms with Gasteiger partial charge < -0.3 is 9.47 Å². The molecule has 2 aromatic carbocycles. The van der Waals surface area contributed by atoms with Gasteiger partial charge in [0.05, 0.1) is 24.9 Å². The van der Waals surface area contributed by atoms with Gasteiger partial charge in [-0.05, 0) is 58.0 Å². The minimum Gasteiger partial charge on any atom is -0.493 e. The van der Waals surface area contributed by atoms with Crippen molar-refractivity contribution in [1.29, 1.82) is 0 Å². The molecule has 0 aliphatic heterocycles. The van der Waals surface area contributed by atoms with E-state index in [1.54, 1.807) is 38.6 Å². The highest BCUT2D eigenvalue weighted by Gasteiger charge is 2.12. The maximum absolute atomic E-state index is 13.1. The molecule has 0 saturated carbocycles. The highest BCUT2D eigenvalue weighted by molar-refractivity contribution is 9.10. The van der Waals surface area contributed by atoms with E-state index in [-0.39, 0.29) is 5.82 Å². The molecule has 0 bridgehead atoms. The Bertz CT molecular complexity index is 1030. The van der Waals surface area contributed by atoms with Crippen LogP contribution >= 0.6 is 28.1 Å². The first-order valence-electron chi connectivity index (χ1n) is 7.89. The number of aromatic amines is 1. The number of methoxy groups -OCH3 is 2. The van der Waals surface area contributed by atoms with E-state index in [1.165, 1.54) is 16.8 Å². The fraction of sp³-hybridized carbons (Fsp3) is 0.167. The molecule has 0 unspecified atom stereocenters. The van der Waals surface area contributed by atoms with Crippen molar-refractivity contribution in [1.82, 2.24) is 14.9 Å². The lowest BCUT2D eigenvalue weighted by Crippen LogP contribution is -2.01. The molecule has 140 valence electrons. The van der Waals surface area contributed by atoms with Crippen molar-refractivity contribution in [3.63, 3.8) is 0 Å². The second-order valence-electron chi connectivity index (χ2n) is 5.51. The number of rotatable bonds is 6. The number of H-pyrrole nitrogens is 1. The number of nitrogens with one attached hydrogen (secondary N) is 1. The first-order valence-corrected chi connectivity index (χ1v) is 9.09. The van der Waals surface area contributed by atoms with Gasteiger partial charge in [-0.1, -0.05) is 12.1 Å². The highest BCUT2D eigenvalue weighted by Crippen LogP contribution is 2.36. The van der Waals surface area contributed by atoms with E-state index in [0.717, 1.165) is 11.1 Å². The van der Waals surface area contributed by atoms with E-state index in [4.69, 9.17) is 21.7 Å². The molecule has 1 heterocycles. The zero-order chi connectivity index (χ0) is 19.4. The minimum absolute atomic E-state index is 0.283. The summed E-state index contributed by atoms with van der Waals surface area (Å²) >= 11 is 8.77. The quantitative estimate of drug-likeness (QED) is 0.448. The summed E-state index contributed by atoms with van der Waals surface area (Å²) in [7, 11) is 3.14. The van der Waals surface area contributed by atoms with Gasteiger partial charge in [-0.15, -0.1) is 0 Å². The van der Waals surface area contributed by atoms with E-state index in [0.29, 0.717) is 33.0 Å². The zero-order valence-corrected chi connectivity index (χ0v) is 17.0. The summed E-state index contributed by atoms with van der Waals surface area (Å²) < 4.78 is 26.3. The van der Waals surface area contributed by atoms with Gasteiger partial charge in [-0.25, -0.2) is 4.39 Å². The summed E-state index contributed by atoms with van der Waals surface area (Å²) in [6.45, 7) is 0. The average Bonchev–Trinajstić information content (AvgIpc) is 3.01. The lowest BCUT2D eigenvalue weighted by molar-refractivity contribution is 0.353. The molecule has 1 N–H and O–H groups in total. The average molecular weight is 451 g/mol. The van der Waals surface area contributed by atoms with E-state index >= 15 is 0 Å². The van der Waals surface area contributed by atoms with Gasteiger partial charge in [0, 0.05) is 12.0 Å². The summed E-state index contributed by atoms with van der Waals surface area (Å²) in [5, 5.41) is 11.4. The summed E-state index contributed by atoms with van der Waals surface area (Å²) in [5.41, 5.74) is 1.68. The number of ether oxygens (including phenoxy) is 2. The Morgan fingerprint density at radius 2 is 1.96 bits per heavy atom. The Morgan fingerprint density at radius 1 is 1.22 bits per heavy atom. The number of hydrogen-bond acceptors (Lipinski definition) is 5. The summed E-state index contributed by atoms with van der Waals surface area (Å²) in [6, 6.07) is 9.85. The normalized spacial score (nSPS) is 11.1. The molecule has 0 radical (unpaired) electrons. The van der Waals surface area contributed by atoms with Gasteiger partial charge in [0.1, 0.15) is 5.82 Å². The van der Waals surface area contributed by atoms with Crippen molar-refractivity contribution in [3.8, 4) is 11.5 Å². The van der Waals surface area contributed by atoms with Crippen molar-refractivity contribution < 1.29 is 13.9 Å². The maximum atomic E-state index is 13.1. The number of halogens is 2. The van der Waals surface area contributed by atoms with Crippen LogP contribution in [0.25, 0.3) is 0 Å². The standard InChI is InChI=1S/C18H16BrFN4O2S/c1-25-14-8-5-12(16(19)17(14)26-2)10-21-24-15(22-23-18(24)27)9-11-3-6-13(20)7-4-11/h3-8,10H,9H2,1-2H3,(H,23,27)/b21-10-. The molecule has 0 saturated heterocycles. The van der Waals surface area contributed by atoms with Gasteiger partial charge in [-0.2, -0.15) is 14.9 Å². The fourth-order valence-corrected chi connectivity index (χ4v) is 3.26. The van der Waals surface area contributed by atoms with Crippen molar-refractivity contribution >= 4 is 34.4 Å². The second kappa shape index (κ2) is 8.45. The predicted octanol–water partition coefficient (Wildman–Crippen LogP) is 4.33. The van der Waals surface area contributed by atoms with Crippen molar-refractivity contribution in [2.24, 2.45) is 5.10 Å². The van der Waals surface area contributed by atoms with Crippen LogP contribution in [0, 0.1) is 10.6 Å². The molecule has 0 aliphatic carbocycles. The molecular weight excluding hydrogens is 435 g/mol. The summed E-state index contributed by atoms with van der Waals surface area (Å²) in [5.74, 6) is 1.51. The van der Waals surface area contributed by atoms with E-state index in [9.17, 15) is 4.39 Å². The predicted molar refractivity (Wildman–Crippen MR) is 107 cm³/mol. The maximum Gasteiger partial charge on any atom is 0.216 e. The van der Waals surface area contributed by atoms with Crippen molar-refractivity contribution in [2.45, 2.75) is 6.42 Å². The summed E-state index contributed by atoms with van der Waals surface area (Å²) in [4.78, 5) is 0. The third-order valence-electron chi connectivity index (χ3n) is 3.82. The monoisotopic (exact) mass is 450 g/mol. The van der Waals surface area contributed by atoms with Gasteiger partial charge >= 0.3 is 0 Å². The Labute approximate surface area is 168 Å². The molecule has 3 aromatic rings. The Hall–Kier alpha value is -2.52. The van der Waals surface area contributed by atoms with Crippen LogP contribution in [-0.4, -0.2) is 35.3 Å². The highest BCUT2D eigenvalue weighted by atomic mass is 79.9. The fourth-order valence-electron chi connectivity index (χ4n) is 2.47. The SMILES string of the molecule is COc1ccc(/C=N\n2c(Cc3ccc(F)cc3)n[nH]c2=S)c(Br)c1OC. The molecule has 3 rings (SSSR count). The van der Waals surface area contributed by atoms with E-state index < -0.39 is 0 Å². The number of nitrogens with zero attached hydrogens (tertiary/aromatic N) is 3. The van der Waals surface area contributed by atoms with Crippen LogP contribution in [0.15, 0.2) is 46.0 Å². The smallest absolute Gasteiger partial charge is 0.216 e. The van der Waals surface area contributed by atoms with Gasteiger partial charge in [0.2, 0.25) is 4.77 Å². The molecule has 0 atom stereocenters. The lowest BCUT2D eigenvalue weighted by Gasteiger charge is -2.10. The number of hydrogen-bond donors (Lipinski definition) is 1. The molecule has 9 heteroatoms. The Kier molecular flexibility index (Phi) is 6.02. The van der Waals surface area contributed by atoms with Crippen LogP contribution in [0.3, 0.4) is 0 Å². The largest absolute Gasteiger partial charge is 0.493 e. The van der Waals surface area contributed by atoms with Crippen molar-refractivity contribution in [2.75, 3.05) is 14.2 Å². The minimum atomic E-state index is -0.283. The van der Waals surface area contributed by atoms with Crippen LogP contribution in [0.2, 0.25) is 0 Å². The van der Waals surface area contributed by atoms with Gasteiger partial charge in [0.15, 0.2) is 17.3 Å². The third-order valence-corrected chi connectivity index (χ3v) is 4.90. The van der Waals surface area contributed by atoms with Crippen LogP contribution in [0.4, 0.5) is 4.39 Å². The molecule has 27 heavy (non-hydrogen) atoms. The van der Waals surface area contributed by atoms with Crippen LogP contribution < -0.4 is 9.47 Å². The van der Waals surface area contributed by atoms with Gasteiger partial charge in [-0.3, -0.25) is 5.10 Å². The van der Waals surface area contributed by atoms with Crippen LogP contribution in [0.1, 0.15) is 17.0 Å². The number of aromatic nitrogens is 3. The van der Waals surface area contributed by atoms with Crippen LogP contribution in [0.5, 0.6) is 11.5 Å². The third kappa shape index (κ3) is 4.25. The second-order valence-corrected chi connectivity index (χ2v) is 6.69. The van der Waals surface area contributed by atoms with Gasteiger partial charge in [0.25, 0.3) is 0 Å². The molecule has 0 fully saturated rings. The molecule has 6 nitrogen and oxygen atoms in total. The molecule has 0 aliphatic rings. The molecular formula is C18H16BrFN4O2S. The van der Waals surface area contributed by atoms with Crippen LogP contribution in [-0.2, 0) is 6.42 Å². The first kappa shape index (κ1) is 19.2. The lowest BCUT2D eigenvalue weighted by atomic mass is 10.1. The first-order chi connectivity index (χ1) is 13.0. The molecule has 1 aromatic heterocycles. The van der Waals surface area contributed by atoms with Crippen molar-refractivity contribution in [3.05, 3.63) is 68.4 Å². The molecule has 0 amide bonds.